The van der Waals surface area contributed by atoms with Crippen molar-refractivity contribution in [3.05, 3.63) is 47.1 Å². The molecule has 1 aromatic carbocycles. The van der Waals surface area contributed by atoms with Crippen LogP contribution in [-0.4, -0.2) is 17.4 Å². The van der Waals surface area contributed by atoms with Crippen molar-refractivity contribution in [2.24, 2.45) is 0 Å². The lowest BCUT2D eigenvalue weighted by Crippen LogP contribution is -2.24. The van der Waals surface area contributed by atoms with E-state index in [2.05, 4.69) is 16.9 Å². The third kappa shape index (κ3) is 2.19. The second kappa shape index (κ2) is 4.63. The Balaban J connectivity index is 2.44. The first kappa shape index (κ1) is 11.7. The summed E-state index contributed by atoms with van der Waals surface area (Å²) in [5.74, 6) is -0.130. The summed E-state index contributed by atoms with van der Waals surface area (Å²) in [7, 11) is 0. The molecule has 0 fully saturated rings. The Morgan fingerprint density at radius 3 is 3.06 bits per heavy atom. The summed E-state index contributed by atoms with van der Waals surface area (Å²) in [5.41, 5.74) is 2.38. The van der Waals surface area contributed by atoms with Gasteiger partial charge in [0.05, 0.1) is 0 Å². The van der Waals surface area contributed by atoms with Crippen LogP contribution in [0, 0.1) is 6.92 Å². The minimum Gasteiger partial charge on any atom is -0.350 e. The fraction of sp³-hybridized carbons (Fsp3) is 0.154. The van der Waals surface area contributed by atoms with Gasteiger partial charge >= 0.3 is 0 Å². The number of aromatic nitrogens is 1. The highest BCUT2D eigenvalue weighted by atomic mass is 35.5. The molecule has 1 heterocycles. The SMILES string of the molecule is C=CCNC(=O)c1[nH]c2cc(Cl)ccc2c1C. The molecule has 0 bridgehead atoms. The van der Waals surface area contributed by atoms with E-state index >= 15 is 0 Å². The average Bonchev–Trinajstić information content (AvgIpc) is 2.63. The first-order valence-corrected chi connectivity index (χ1v) is 5.68. The molecule has 0 atom stereocenters. The highest BCUT2D eigenvalue weighted by Crippen LogP contribution is 2.24. The Morgan fingerprint density at radius 2 is 2.35 bits per heavy atom. The number of fused-ring (bicyclic) bond motifs is 1. The number of benzene rings is 1. The van der Waals surface area contributed by atoms with Crippen LogP contribution in [-0.2, 0) is 0 Å². The van der Waals surface area contributed by atoms with Gasteiger partial charge < -0.3 is 10.3 Å². The fourth-order valence-corrected chi connectivity index (χ4v) is 1.96. The molecule has 4 heteroatoms. The Hall–Kier alpha value is -1.74. The molecule has 0 saturated heterocycles. The summed E-state index contributed by atoms with van der Waals surface area (Å²) in [4.78, 5) is 14.9. The molecule has 0 aliphatic carbocycles. The van der Waals surface area contributed by atoms with Crippen LogP contribution in [0.3, 0.4) is 0 Å². The van der Waals surface area contributed by atoms with Gasteiger partial charge in [-0.1, -0.05) is 23.7 Å². The fourth-order valence-electron chi connectivity index (χ4n) is 1.79. The van der Waals surface area contributed by atoms with Gasteiger partial charge in [-0.15, -0.1) is 6.58 Å². The molecule has 0 unspecified atom stereocenters. The zero-order chi connectivity index (χ0) is 12.4. The largest absolute Gasteiger partial charge is 0.350 e. The molecule has 2 aromatic rings. The summed E-state index contributed by atoms with van der Waals surface area (Å²) >= 11 is 5.91. The molecule has 0 aliphatic heterocycles. The molecule has 1 amide bonds. The maximum Gasteiger partial charge on any atom is 0.268 e. The number of carbonyl (C=O) groups excluding carboxylic acids is 1. The van der Waals surface area contributed by atoms with Crippen molar-refractivity contribution in [2.75, 3.05) is 6.54 Å². The van der Waals surface area contributed by atoms with Gasteiger partial charge in [0, 0.05) is 22.5 Å². The lowest BCUT2D eigenvalue weighted by molar-refractivity contribution is 0.0953. The van der Waals surface area contributed by atoms with Gasteiger partial charge in [0.15, 0.2) is 0 Å². The number of hydrogen-bond acceptors (Lipinski definition) is 1. The molecule has 0 aliphatic rings. The van der Waals surface area contributed by atoms with E-state index in [-0.39, 0.29) is 5.91 Å². The third-order valence-electron chi connectivity index (χ3n) is 2.65. The number of hydrogen-bond donors (Lipinski definition) is 2. The molecule has 0 saturated carbocycles. The van der Waals surface area contributed by atoms with Crippen LogP contribution in [0.5, 0.6) is 0 Å². The first-order chi connectivity index (χ1) is 8.13. The Bertz CT molecular complexity index is 586. The number of aromatic amines is 1. The van der Waals surface area contributed by atoms with E-state index in [0.29, 0.717) is 17.3 Å². The van der Waals surface area contributed by atoms with Gasteiger partial charge in [-0.05, 0) is 24.6 Å². The zero-order valence-electron chi connectivity index (χ0n) is 9.51. The van der Waals surface area contributed by atoms with Crippen molar-refractivity contribution in [2.45, 2.75) is 6.92 Å². The summed E-state index contributed by atoms with van der Waals surface area (Å²) in [6.45, 7) is 5.93. The van der Waals surface area contributed by atoms with E-state index in [1.165, 1.54) is 0 Å². The van der Waals surface area contributed by atoms with E-state index in [4.69, 9.17) is 11.6 Å². The smallest absolute Gasteiger partial charge is 0.268 e. The van der Waals surface area contributed by atoms with E-state index < -0.39 is 0 Å². The number of carbonyl (C=O) groups is 1. The van der Waals surface area contributed by atoms with Crippen LogP contribution < -0.4 is 5.32 Å². The van der Waals surface area contributed by atoms with Crippen molar-refractivity contribution in [1.29, 1.82) is 0 Å². The van der Waals surface area contributed by atoms with Crippen molar-refractivity contribution < 1.29 is 4.79 Å². The molecular weight excluding hydrogens is 236 g/mol. The van der Waals surface area contributed by atoms with Crippen molar-refractivity contribution >= 4 is 28.4 Å². The van der Waals surface area contributed by atoms with Gasteiger partial charge in [-0.2, -0.15) is 0 Å². The molecule has 1 aromatic heterocycles. The molecule has 0 spiro atoms. The topological polar surface area (TPSA) is 44.9 Å². The van der Waals surface area contributed by atoms with Crippen LogP contribution in [0.2, 0.25) is 5.02 Å². The Labute approximate surface area is 104 Å². The Morgan fingerprint density at radius 1 is 1.59 bits per heavy atom. The predicted octanol–water partition coefficient (Wildman–Crippen LogP) is 3.05. The highest BCUT2D eigenvalue weighted by molar-refractivity contribution is 6.31. The number of H-pyrrole nitrogens is 1. The minimum atomic E-state index is -0.130. The second-order valence-electron chi connectivity index (χ2n) is 3.81. The molecular formula is C13H13ClN2O. The number of halogens is 1. The van der Waals surface area contributed by atoms with Crippen molar-refractivity contribution in [1.82, 2.24) is 10.3 Å². The summed E-state index contributed by atoms with van der Waals surface area (Å²) < 4.78 is 0. The number of rotatable bonds is 3. The molecule has 3 nitrogen and oxygen atoms in total. The highest BCUT2D eigenvalue weighted by Gasteiger charge is 2.13. The second-order valence-corrected chi connectivity index (χ2v) is 4.25. The van der Waals surface area contributed by atoms with Gasteiger partial charge in [0.2, 0.25) is 0 Å². The van der Waals surface area contributed by atoms with Crippen LogP contribution in [0.15, 0.2) is 30.9 Å². The maximum atomic E-state index is 11.9. The van der Waals surface area contributed by atoms with Crippen LogP contribution in [0.25, 0.3) is 10.9 Å². The van der Waals surface area contributed by atoms with E-state index in [1.807, 2.05) is 25.1 Å². The zero-order valence-corrected chi connectivity index (χ0v) is 10.3. The molecule has 2 N–H and O–H groups in total. The van der Waals surface area contributed by atoms with E-state index in [0.717, 1.165) is 16.5 Å². The molecule has 17 heavy (non-hydrogen) atoms. The molecule has 0 radical (unpaired) electrons. The van der Waals surface area contributed by atoms with Crippen LogP contribution in [0.1, 0.15) is 16.1 Å². The maximum absolute atomic E-state index is 11.9. The number of nitrogens with one attached hydrogen (secondary N) is 2. The normalized spacial score (nSPS) is 10.5. The van der Waals surface area contributed by atoms with Crippen molar-refractivity contribution in [3.63, 3.8) is 0 Å². The van der Waals surface area contributed by atoms with Gasteiger partial charge in [0.25, 0.3) is 5.91 Å². The third-order valence-corrected chi connectivity index (χ3v) is 2.89. The number of amides is 1. The lowest BCUT2D eigenvalue weighted by atomic mass is 10.1. The van der Waals surface area contributed by atoms with E-state index in [1.54, 1.807) is 6.08 Å². The van der Waals surface area contributed by atoms with Crippen molar-refractivity contribution in [3.8, 4) is 0 Å². The first-order valence-electron chi connectivity index (χ1n) is 5.30. The quantitative estimate of drug-likeness (QED) is 0.806. The Kier molecular flexibility index (Phi) is 3.20. The molecule has 88 valence electrons. The summed E-state index contributed by atoms with van der Waals surface area (Å²) in [6.07, 6.45) is 1.65. The standard InChI is InChI=1S/C13H13ClN2O/c1-3-6-15-13(17)12-8(2)10-5-4-9(14)7-11(10)16-12/h3-5,7,16H,1,6H2,2H3,(H,15,17). The monoisotopic (exact) mass is 248 g/mol. The van der Waals surface area contributed by atoms with Gasteiger partial charge in [-0.3, -0.25) is 4.79 Å². The summed E-state index contributed by atoms with van der Waals surface area (Å²) in [5, 5.41) is 4.41. The van der Waals surface area contributed by atoms with Crippen LogP contribution >= 0.6 is 11.6 Å². The van der Waals surface area contributed by atoms with Gasteiger partial charge in [-0.25, -0.2) is 0 Å². The molecule has 2 rings (SSSR count). The predicted molar refractivity (Wildman–Crippen MR) is 70.6 cm³/mol. The van der Waals surface area contributed by atoms with E-state index in [9.17, 15) is 4.79 Å². The summed E-state index contributed by atoms with van der Waals surface area (Å²) in [6, 6.07) is 5.54. The minimum absolute atomic E-state index is 0.130. The van der Waals surface area contributed by atoms with Crippen LogP contribution in [0.4, 0.5) is 0 Å². The lowest BCUT2D eigenvalue weighted by Gasteiger charge is -2.00. The average molecular weight is 249 g/mol. The van der Waals surface area contributed by atoms with Gasteiger partial charge in [0.1, 0.15) is 5.69 Å². The number of aryl methyl sites for hydroxylation is 1.